The number of nitrogens with one attached hydrogen (secondary N) is 1. The van der Waals surface area contributed by atoms with Gasteiger partial charge >= 0.3 is 0 Å². The lowest BCUT2D eigenvalue weighted by molar-refractivity contribution is 0.102. The molecule has 0 spiro atoms. The Bertz CT molecular complexity index is 656. The van der Waals surface area contributed by atoms with Gasteiger partial charge in [-0.3, -0.25) is 9.48 Å². The lowest BCUT2D eigenvalue weighted by atomic mass is 10.1. The first-order chi connectivity index (χ1) is 9.99. The van der Waals surface area contributed by atoms with Crippen LogP contribution < -0.4 is 5.32 Å². The zero-order valence-corrected chi connectivity index (χ0v) is 12.8. The summed E-state index contributed by atoms with van der Waals surface area (Å²) in [5.74, 6) is -0.309. The molecule has 0 aliphatic heterocycles. The summed E-state index contributed by atoms with van der Waals surface area (Å²) in [6.07, 6.45) is 1.56. The molecule has 0 aliphatic carbocycles. The van der Waals surface area contributed by atoms with Gasteiger partial charge in [-0.1, -0.05) is 26.0 Å². The van der Waals surface area contributed by atoms with E-state index < -0.39 is 11.7 Å². The molecular formula is C16H20FN3O. The van der Waals surface area contributed by atoms with Crippen LogP contribution in [-0.4, -0.2) is 15.7 Å². The number of hydrogen-bond acceptors (Lipinski definition) is 2. The largest absolute Gasteiger partial charge is 0.306 e. The number of nitrogens with zero attached hydrogens (tertiary/aromatic N) is 2. The van der Waals surface area contributed by atoms with Crippen LogP contribution in [-0.2, 0) is 19.9 Å². The molecule has 0 bridgehead atoms. The molecule has 4 nitrogen and oxygen atoms in total. The minimum atomic E-state index is -0.511. The Morgan fingerprint density at radius 1 is 1.33 bits per heavy atom. The molecule has 1 aromatic carbocycles. The number of carbonyl (C=O) groups is 1. The first-order valence-electron chi connectivity index (χ1n) is 7.10. The summed E-state index contributed by atoms with van der Waals surface area (Å²) >= 11 is 0. The van der Waals surface area contributed by atoms with Crippen molar-refractivity contribution in [3.05, 3.63) is 46.4 Å². The van der Waals surface area contributed by atoms with Crippen LogP contribution >= 0.6 is 0 Å². The molecule has 0 unspecified atom stereocenters. The minimum Gasteiger partial charge on any atom is -0.306 e. The van der Waals surface area contributed by atoms with Gasteiger partial charge in [0.25, 0.3) is 5.91 Å². The van der Waals surface area contributed by atoms with E-state index in [0.717, 1.165) is 24.1 Å². The second kappa shape index (κ2) is 6.08. The number of aryl methyl sites for hydroxylation is 3. The average molecular weight is 289 g/mol. The fraction of sp³-hybridized carbons (Fsp3) is 0.375. The summed E-state index contributed by atoms with van der Waals surface area (Å²) in [4.78, 5) is 12.4. The van der Waals surface area contributed by atoms with Gasteiger partial charge in [0.2, 0.25) is 0 Å². The number of amides is 1. The maximum Gasteiger partial charge on any atom is 0.260 e. The van der Waals surface area contributed by atoms with Gasteiger partial charge in [0.1, 0.15) is 11.6 Å². The van der Waals surface area contributed by atoms with Crippen molar-refractivity contribution < 1.29 is 9.18 Å². The Hall–Kier alpha value is -2.17. The number of benzene rings is 1. The highest BCUT2D eigenvalue weighted by Crippen LogP contribution is 2.22. The molecule has 1 N–H and O–H groups in total. The van der Waals surface area contributed by atoms with E-state index in [2.05, 4.69) is 10.4 Å². The molecule has 112 valence electrons. The first-order valence-corrected chi connectivity index (χ1v) is 7.10. The highest BCUT2D eigenvalue weighted by molar-refractivity contribution is 6.05. The third-order valence-electron chi connectivity index (χ3n) is 3.60. The van der Waals surface area contributed by atoms with Gasteiger partial charge in [-0.15, -0.1) is 0 Å². The van der Waals surface area contributed by atoms with E-state index >= 15 is 0 Å². The van der Waals surface area contributed by atoms with Crippen molar-refractivity contribution in [3.8, 4) is 0 Å². The molecule has 0 saturated heterocycles. The van der Waals surface area contributed by atoms with Crippen LogP contribution in [0.25, 0.3) is 0 Å². The molecule has 0 saturated carbocycles. The summed E-state index contributed by atoms with van der Waals surface area (Å²) in [7, 11) is 1.78. The molecular weight excluding hydrogens is 269 g/mol. The van der Waals surface area contributed by atoms with E-state index in [-0.39, 0.29) is 5.56 Å². The molecule has 0 radical (unpaired) electrons. The first kappa shape index (κ1) is 15.2. The number of hydrogen-bond donors (Lipinski definition) is 1. The van der Waals surface area contributed by atoms with Crippen LogP contribution in [0, 0.1) is 12.7 Å². The number of aromatic nitrogens is 2. The van der Waals surface area contributed by atoms with Gasteiger partial charge in [0.05, 0.1) is 11.3 Å². The predicted octanol–water partition coefficient (Wildman–Crippen LogP) is 3.24. The standard InChI is InChI=1S/C16H20FN3O/c1-5-11-13(6-2)19-20(4)15(11)18-16(21)14-10(3)8-7-9-12(14)17/h7-9H,5-6H2,1-4H3,(H,18,21). The maximum absolute atomic E-state index is 13.9. The van der Waals surface area contributed by atoms with Gasteiger partial charge < -0.3 is 5.32 Å². The molecule has 5 heteroatoms. The second-order valence-corrected chi connectivity index (χ2v) is 4.99. The average Bonchev–Trinajstić information content (AvgIpc) is 2.74. The van der Waals surface area contributed by atoms with Crippen molar-refractivity contribution in [2.24, 2.45) is 7.05 Å². The van der Waals surface area contributed by atoms with Crippen LogP contribution in [0.3, 0.4) is 0 Å². The van der Waals surface area contributed by atoms with E-state index in [4.69, 9.17) is 0 Å². The SMILES string of the molecule is CCc1nn(C)c(NC(=O)c2c(C)cccc2F)c1CC. The summed E-state index contributed by atoms with van der Waals surface area (Å²) < 4.78 is 15.5. The lowest BCUT2D eigenvalue weighted by Gasteiger charge is -2.10. The van der Waals surface area contributed by atoms with Gasteiger partial charge in [-0.05, 0) is 31.4 Å². The molecule has 2 aromatic rings. The van der Waals surface area contributed by atoms with Crippen molar-refractivity contribution in [2.75, 3.05) is 5.32 Å². The monoisotopic (exact) mass is 289 g/mol. The number of halogens is 1. The zero-order valence-electron chi connectivity index (χ0n) is 12.8. The lowest BCUT2D eigenvalue weighted by Crippen LogP contribution is -2.18. The molecule has 1 amide bonds. The van der Waals surface area contributed by atoms with Crippen molar-refractivity contribution in [2.45, 2.75) is 33.6 Å². The maximum atomic E-state index is 13.9. The Morgan fingerprint density at radius 3 is 2.62 bits per heavy atom. The number of carbonyl (C=O) groups excluding carboxylic acids is 1. The van der Waals surface area contributed by atoms with Crippen molar-refractivity contribution in [3.63, 3.8) is 0 Å². The second-order valence-electron chi connectivity index (χ2n) is 4.99. The molecule has 1 aromatic heterocycles. The predicted molar refractivity (Wildman–Crippen MR) is 81.1 cm³/mol. The molecule has 0 atom stereocenters. The Balaban J connectivity index is 2.39. The summed E-state index contributed by atoms with van der Waals surface area (Å²) in [6, 6.07) is 4.61. The fourth-order valence-electron chi connectivity index (χ4n) is 2.52. The van der Waals surface area contributed by atoms with Crippen molar-refractivity contribution in [1.82, 2.24) is 9.78 Å². The zero-order chi connectivity index (χ0) is 15.6. The van der Waals surface area contributed by atoms with E-state index in [1.807, 2.05) is 13.8 Å². The fourth-order valence-corrected chi connectivity index (χ4v) is 2.52. The number of anilines is 1. The van der Waals surface area contributed by atoms with E-state index in [9.17, 15) is 9.18 Å². The van der Waals surface area contributed by atoms with Gasteiger partial charge in [0, 0.05) is 12.6 Å². The minimum absolute atomic E-state index is 0.0822. The highest BCUT2D eigenvalue weighted by atomic mass is 19.1. The summed E-state index contributed by atoms with van der Waals surface area (Å²) in [5.41, 5.74) is 2.66. The van der Waals surface area contributed by atoms with Gasteiger partial charge in [-0.25, -0.2) is 4.39 Å². The molecule has 21 heavy (non-hydrogen) atoms. The van der Waals surface area contributed by atoms with Crippen LogP contribution in [0.2, 0.25) is 0 Å². The quantitative estimate of drug-likeness (QED) is 0.939. The molecule has 0 aliphatic rings. The Morgan fingerprint density at radius 2 is 2.05 bits per heavy atom. The van der Waals surface area contributed by atoms with Crippen LogP contribution in [0.5, 0.6) is 0 Å². The highest BCUT2D eigenvalue weighted by Gasteiger charge is 2.19. The molecule has 0 fully saturated rings. The summed E-state index contributed by atoms with van der Waals surface area (Å²) in [5, 5.41) is 7.20. The van der Waals surface area contributed by atoms with E-state index in [1.54, 1.807) is 30.8 Å². The van der Waals surface area contributed by atoms with Crippen molar-refractivity contribution in [1.29, 1.82) is 0 Å². The van der Waals surface area contributed by atoms with Gasteiger partial charge in [-0.2, -0.15) is 5.10 Å². The Kier molecular flexibility index (Phi) is 4.40. The van der Waals surface area contributed by atoms with E-state index in [1.165, 1.54) is 6.07 Å². The third kappa shape index (κ3) is 2.82. The molecule has 2 rings (SSSR count). The smallest absolute Gasteiger partial charge is 0.260 e. The third-order valence-corrected chi connectivity index (χ3v) is 3.60. The summed E-state index contributed by atoms with van der Waals surface area (Å²) in [6.45, 7) is 5.76. The normalized spacial score (nSPS) is 10.7. The van der Waals surface area contributed by atoms with Crippen molar-refractivity contribution >= 4 is 11.7 Å². The van der Waals surface area contributed by atoms with Gasteiger partial charge in [0.15, 0.2) is 0 Å². The van der Waals surface area contributed by atoms with Crippen LogP contribution in [0.1, 0.15) is 41.0 Å². The van der Waals surface area contributed by atoms with Crippen LogP contribution in [0.4, 0.5) is 10.2 Å². The Labute approximate surface area is 124 Å². The molecule has 1 heterocycles. The van der Waals surface area contributed by atoms with Crippen LogP contribution in [0.15, 0.2) is 18.2 Å². The number of rotatable bonds is 4. The van der Waals surface area contributed by atoms with E-state index in [0.29, 0.717) is 11.4 Å². The topological polar surface area (TPSA) is 46.9 Å².